The second-order valence-electron chi connectivity index (χ2n) is 3.43. The first-order chi connectivity index (χ1) is 7.60. The number of ether oxygens (including phenoxy) is 1. The molecule has 0 fully saturated rings. The van der Waals surface area contributed by atoms with E-state index in [-0.39, 0.29) is 5.75 Å². The fraction of sp³-hybridized carbons (Fsp3) is 0.455. The summed E-state index contributed by atoms with van der Waals surface area (Å²) in [6.07, 6.45) is 0.619. The van der Waals surface area contributed by atoms with Crippen molar-refractivity contribution >= 4 is 9.84 Å². The van der Waals surface area contributed by atoms with Gasteiger partial charge in [-0.15, -0.1) is 0 Å². The lowest BCUT2D eigenvalue weighted by Gasteiger charge is -2.06. The maximum atomic E-state index is 11.7. The second-order valence-corrected chi connectivity index (χ2v) is 5.54. The molecule has 0 spiro atoms. The highest BCUT2D eigenvalue weighted by molar-refractivity contribution is 7.91. The van der Waals surface area contributed by atoms with Gasteiger partial charge in [0.25, 0.3) is 0 Å². The van der Waals surface area contributed by atoms with Crippen molar-refractivity contribution in [3.63, 3.8) is 0 Å². The third kappa shape index (κ3) is 3.50. The number of hydrogen-bond acceptors (Lipinski definition) is 4. The van der Waals surface area contributed by atoms with Crippen molar-refractivity contribution in [1.29, 1.82) is 0 Å². The van der Waals surface area contributed by atoms with Crippen LogP contribution in [0.4, 0.5) is 0 Å². The van der Waals surface area contributed by atoms with Gasteiger partial charge in [0.15, 0.2) is 9.84 Å². The van der Waals surface area contributed by atoms with Crippen LogP contribution < -0.4 is 10.5 Å². The van der Waals surface area contributed by atoms with E-state index in [9.17, 15) is 8.42 Å². The molecule has 0 unspecified atom stereocenters. The Morgan fingerprint density at radius 1 is 1.25 bits per heavy atom. The largest absolute Gasteiger partial charge is 0.492 e. The van der Waals surface area contributed by atoms with Crippen molar-refractivity contribution < 1.29 is 13.2 Å². The summed E-state index contributed by atoms with van der Waals surface area (Å²) in [7, 11) is -3.13. The highest BCUT2D eigenvalue weighted by atomic mass is 32.2. The van der Waals surface area contributed by atoms with Crippen molar-refractivity contribution in [2.75, 3.05) is 18.9 Å². The summed E-state index contributed by atoms with van der Waals surface area (Å²) in [5.41, 5.74) is 5.29. The summed E-state index contributed by atoms with van der Waals surface area (Å²) in [6.45, 7) is 2.72. The van der Waals surface area contributed by atoms with E-state index in [0.29, 0.717) is 30.2 Å². The van der Waals surface area contributed by atoms with E-state index < -0.39 is 9.84 Å². The molecule has 0 atom stereocenters. The van der Waals surface area contributed by atoms with Crippen molar-refractivity contribution in [1.82, 2.24) is 0 Å². The fourth-order valence-electron chi connectivity index (χ4n) is 1.31. The molecule has 0 aliphatic carbocycles. The van der Waals surface area contributed by atoms with Crippen molar-refractivity contribution in [2.24, 2.45) is 5.73 Å². The number of sulfone groups is 1. The van der Waals surface area contributed by atoms with E-state index in [4.69, 9.17) is 10.5 Å². The van der Waals surface area contributed by atoms with Gasteiger partial charge in [0.2, 0.25) is 0 Å². The minimum atomic E-state index is -3.13. The highest BCUT2D eigenvalue weighted by Gasteiger charge is 2.12. The highest BCUT2D eigenvalue weighted by Crippen LogP contribution is 2.17. The summed E-state index contributed by atoms with van der Waals surface area (Å²) in [4.78, 5) is 0.342. The molecule has 0 radical (unpaired) electrons. The van der Waals surface area contributed by atoms with Crippen LogP contribution >= 0.6 is 0 Å². The number of rotatable bonds is 6. The molecule has 1 aromatic rings. The van der Waals surface area contributed by atoms with E-state index in [0.717, 1.165) is 0 Å². The Morgan fingerprint density at radius 2 is 1.88 bits per heavy atom. The molecule has 0 aromatic heterocycles. The van der Waals surface area contributed by atoms with Crippen LogP contribution in [0.3, 0.4) is 0 Å². The molecular formula is C11H17NO3S. The van der Waals surface area contributed by atoms with E-state index in [1.165, 1.54) is 0 Å². The lowest BCUT2D eigenvalue weighted by Crippen LogP contribution is -2.10. The van der Waals surface area contributed by atoms with Crippen LogP contribution in [0.5, 0.6) is 5.75 Å². The van der Waals surface area contributed by atoms with Gasteiger partial charge in [0.1, 0.15) is 12.4 Å². The van der Waals surface area contributed by atoms with Crippen molar-refractivity contribution in [3.8, 4) is 5.75 Å². The summed E-state index contributed by atoms with van der Waals surface area (Å²) in [5, 5.41) is 0. The molecule has 2 N–H and O–H groups in total. The Kier molecular flexibility index (Phi) is 4.76. The first-order valence-electron chi connectivity index (χ1n) is 5.26. The molecule has 1 rings (SSSR count). The fourth-order valence-corrected chi connectivity index (χ4v) is 2.63. The first kappa shape index (κ1) is 13.0. The zero-order chi connectivity index (χ0) is 12.0. The third-order valence-electron chi connectivity index (χ3n) is 2.04. The molecule has 16 heavy (non-hydrogen) atoms. The average molecular weight is 243 g/mol. The lowest BCUT2D eigenvalue weighted by molar-refractivity contribution is 0.328. The van der Waals surface area contributed by atoms with Crippen molar-refractivity contribution in [3.05, 3.63) is 24.3 Å². The first-order valence-corrected chi connectivity index (χ1v) is 6.91. The van der Waals surface area contributed by atoms with E-state index >= 15 is 0 Å². The van der Waals surface area contributed by atoms with E-state index in [1.807, 2.05) is 6.92 Å². The minimum Gasteiger partial charge on any atom is -0.492 e. The van der Waals surface area contributed by atoms with Crippen LogP contribution in [-0.4, -0.2) is 27.3 Å². The summed E-state index contributed by atoms with van der Waals surface area (Å²) < 4.78 is 28.7. The average Bonchev–Trinajstić information content (AvgIpc) is 2.27. The van der Waals surface area contributed by atoms with Gasteiger partial charge in [0, 0.05) is 6.54 Å². The molecule has 0 bridgehead atoms. The Hall–Kier alpha value is -1.07. The number of benzene rings is 1. The molecule has 0 aliphatic rings. The molecule has 4 nitrogen and oxygen atoms in total. The summed E-state index contributed by atoms with van der Waals surface area (Å²) in [5.74, 6) is 0.816. The maximum Gasteiger partial charge on any atom is 0.178 e. The monoisotopic (exact) mass is 243 g/mol. The summed E-state index contributed by atoms with van der Waals surface area (Å²) in [6, 6.07) is 6.43. The molecule has 0 amide bonds. The minimum absolute atomic E-state index is 0.177. The normalized spacial score (nSPS) is 11.4. The van der Waals surface area contributed by atoms with Crippen LogP contribution in [0, 0.1) is 0 Å². The SMILES string of the molecule is CCCS(=O)(=O)c1ccc(OCCN)cc1. The number of nitrogens with two attached hydrogens (primary N) is 1. The third-order valence-corrected chi connectivity index (χ3v) is 3.98. The zero-order valence-electron chi connectivity index (χ0n) is 9.35. The van der Waals surface area contributed by atoms with Crippen LogP contribution in [0.1, 0.15) is 13.3 Å². The van der Waals surface area contributed by atoms with Gasteiger partial charge in [0.05, 0.1) is 10.6 Å². The Morgan fingerprint density at radius 3 is 2.38 bits per heavy atom. The molecular weight excluding hydrogens is 226 g/mol. The topological polar surface area (TPSA) is 69.4 Å². The van der Waals surface area contributed by atoms with Gasteiger partial charge in [-0.1, -0.05) is 6.92 Å². The van der Waals surface area contributed by atoms with Crippen LogP contribution in [0.25, 0.3) is 0 Å². The Labute approximate surface area is 96.3 Å². The Balaban J connectivity index is 2.78. The van der Waals surface area contributed by atoms with Gasteiger partial charge in [-0.05, 0) is 30.7 Å². The van der Waals surface area contributed by atoms with Crippen LogP contribution in [0.2, 0.25) is 0 Å². The molecule has 0 aliphatic heterocycles. The smallest absolute Gasteiger partial charge is 0.178 e. The van der Waals surface area contributed by atoms with Gasteiger partial charge in [-0.2, -0.15) is 0 Å². The summed E-state index contributed by atoms with van der Waals surface area (Å²) >= 11 is 0. The Bertz CT molecular complexity index is 411. The van der Waals surface area contributed by atoms with Gasteiger partial charge in [-0.25, -0.2) is 8.42 Å². The molecule has 0 heterocycles. The molecule has 0 saturated heterocycles. The molecule has 1 aromatic carbocycles. The lowest BCUT2D eigenvalue weighted by atomic mass is 10.3. The van der Waals surface area contributed by atoms with Crippen LogP contribution in [0.15, 0.2) is 29.2 Å². The quantitative estimate of drug-likeness (QED) is 0.815. The predicted molar refractivity (Wildman–Crippen MR) is 63.3 cm³/mol. The second kappa shape index (κ2) is 5.86. The van der Waals surface area contributed by atoms with Gasteiger partial charge in [-0.3, -0.25) is 0 Å². The zero-order valence-corrected chi connectivity index (χ0v) is 10.2. The molecule has 90 valence electrons. The van der Waals surface area contributed by atoms with Gasteiger partial charge < -0.3 is 10.5 Å². The standard InChI is InChI=1S/C11H17NO3S/c1-2-9-16(13,14)11-5-3-10(4-6-11)15-8-7-12/h3-6H,2,7-9,12H2,1H3. The van der Waals surface area contributed by atoms with Gasteiger partial charge >= 0.3 is 0 Å². The van der Waals surface area contributed by atoms with E-state index in [2.05, 4.69) is 0 Å². The molecule has 0 saturated carbocycles. The number of hydrogen-bond donors (Lipinski definition) is 1. The maximum absolute atomic E-state index is 11.7. The van der Waals surface area contributed by atoms with Crippen molar-refractivity contribution in [2.45, 2.75) is 18.2 Å². The van der Waals surface area contributed by atoms with E-state index in [1.54, 1.807) is 24.3 Å². The molecule has 5 heteroatoms. The van der Waals surface area contributed by atoms with Crippen LogP contribution in [-0.2, 0) is 9.84 Å². The predicted octanol–water partition coefficient (Wildman–Crippen LogP) is 1.21.